The SMILES string of the molecule is Cc1cc(C)cc(C(=O)CN2C=CN(C)C2)c1. The van der Waals surface area contributed by atoms with Crippen LogP contribution in [-0.2, 0) is 0 Å². The van der Waals surface area contributed by atoms with Gasteiger partial charge < -0.3 is 9.80 Å². The predicted molar refractivity (Wildman–Crippen MR) is 68.7 cm³/mol. The Balaban J connectivity index is 2.07. The number of benzene rings is 1. The van der Waals surface area contributed by atoms with Crippen molar-refractivity contribution in [2.24, 2.45) is 0 Å². The molecule has 1 aliphatic heterocycles. The number of nitrogens with zero attached hydrogens (tertiary/aromatic N) is 2. The van der Waals surface area contributed by atoms with Crippen molar-refractivity contribution in [1.29, 1.82) is 0 Å². The molecule has 0 amide bonds. The van der Waals surface area contributed by atoms with Crippen LogP contribution in [0.4, 0.5) is 0 Å². The summed E-state index contributed by atoms with van der Waals surface area (Å²) in [6, 6.07) is 6.00. The van der Waals surface area contributed by atoms with Gasteiger partial charge in [-0.2, -0.15) is 0 Å². The van der Waals surface area contributed by atoms with Gasteiger partial charge in [0.2, 0.25) is 0 Å². The average Bonchev–Trinajstić information content (AvgIpc) is 2.62. The Morgan fingerprint density at radius 2 is 1.82 bits per heavy atom. The van der Waals surface area contributed by atoms with Gasteiger partial charge in [-0.3, -0.25) is 4.79 Å². The lowest BCUT2D eigenvalue weighted by Gasteiger charge is -2.17. The van der Waals surface area contributed by atoms with E-state index in [9.17, 15) is 4.79 Å². The number of Topliss-reactive ketones (excluding diaryl/α,β-unsaturated/α-hetero) is 1. The highest BCUT2D eigenvalue weighted by atomic mass is 16.1. The standard InChI is InChI=1S/C14H18N2O/c1-11-6-12(2)8-13(7-11)14(17)9-16-5-4-15(3)10-16/h4-8H,9-10H2,1-3H3. The fourth-order valence-corrected chi connectivity index (χ4v) is 2.10. The van der Waals surface area contributed by atoms with E-state index in [2.05, 4.69) is 11.0 Å². The summed E-state index contributed by atoms with van der Waals surface area (Å²) in [6.07, 6.45) is 3.94. The first-order valence-electron chi connectivity index (χ1n) is 5.79. The fourth-order valence-electron chi connectivity index (χ4n) is 2.10. The molecule has 0 fully saturated rings. The zero-order valence-electron chi connectivity index (χ0n) is 10.6. The van der Waals surface area contributed by atoms with Crippen LogP contribution in [0.15, 0.2) is 30.6 Å². The maximum absolute atomic E-state index is 12.1. The Morgan fingerprint density at radius 3 is 2.35 bits per heavy atom. The summed E-state index contributed by atoms with van der Waals surface area (Å²) in [6.45, 7) is 5.28. The van der Waals surface area contributed by atoms with Crippen molar-refractivity contribution < 1.29 is 4.79 Å². The molecule has 0 saturated carbocycles. The van der Waals surface area contributed by atoms with Gasteiger partial charge in [0, 0.05) is 25.0 Å². The summed E-state index contributed by atoms with van der Waals surface area (Å²) in [5.41, 5.74) is 3.09. The van der Waals surface area contributed by atoms with Crippen LogP contribution in [0, 0.1) is 13.8 Å². The summed E-state index contributed by atoms with van der Waals surface area (Å²) < 4.78 is 0. The van der Waals surface area contributed by atoms with E-state index >= 15 is 0 Å². The first kappa shape index (κ1) is 11.7. The summed E-state index contributed by atoms with van der Waals surface area (Å²) in [5, 5.41) is 0. The first-order chi connectivity index (χ1) is 8.04. The predicted octanol–water partition coefficient (Wildman–Crippen LogP) is 2.16. The molecule has 0 aromatic heterocycles. The monoisotopic (exact) mass is 230 g/mol. The molecule has 2 rings (SSSR count). The summed E-state index contributed by atoms with van der Waals surface area (Å²) in [4.78, 5) is 16.2. The smallest absolute Gasteiger partial charge is 0.182 e. The molecular weight excluding hydrogens is 212 g/mol. The minimum Gasteiger partial charge on any atom is -0.362 e. The molecule has 0 bridgehead atoms. The van der Waals surface area contributed by atoms with E-state index in [1.807, 2.05) is 50.3 Å². The molecule has 0 saturated heterocycles. The molecule has 0 radical (unpaired) electrons. The van der Waals surface area contributed by atoms with E-state index in [0.717, 1.165) is 23.4 Å². The van der Waals surface area contributed by atoms with Crippen molar-refractivity contribution >= 4 is 5.78 Å². The molecule has 0 atom stereocenters. The normalized spacial score (nSPS) is 14.5. The highest BCUT2D eigenvalue weighted by Gasteiger charge is 2.14. The highest BCUT2D eigenvalue weighted by Crippen LogP contribution is 2.11. The van der Waals surface area contributed by atoms with Crippen LogP contribution in [0.1, 0.15) is 21.5 Å². The molecule has 1 aromatic carbocycles. The van der Waals surface area contributed by atoms with Crippen molar-refractivity contribution in [3.8, 4) is 0 Å². The summed E-state index contributed by atoms with van der Waals surface area (Å²) in [7, 11) is 2.00. The number of rotatable bonds is 3. The average molecular weight is 230 g/mol. The lowest BCUT2D eigenvalue weighted by molar-refractivity contribution is 0.0948. The maximum Gasteiger partial charge on any atom is 0.182 e. The van der Waals surface area contributed by atoms with Gasteiger partial charge in [-0.15, -0.1) is 0 Å². The molecule has 3 nitrogen and oxygen atoms in total. The topological polar surface area (TPSA) is 23.6 Å². The van der Waals surface area contributed by atoms with E-state index in [0.29, 0.717) is 6.54 Å². The van der Waals surface area contributed by atoms with Crippen LogP contribution in [0.5, 0.6) is 0 Å². The van der Waals surface area contributed by atoms with E-state index in [1.165, 1.54) is 0 Å². The third-order valence-corrected chi connectivity index (χ3v) is 2.83. The van der Waals surface area contributed by atoms with Gasteiger partial charge in [-0.1, -0.05) is 17.2 Å². The zero-order valence-corrected chi connectivity index (χ0v) is 10.6. The van der Waals surface area contributed by atoms with Gasteiger partial charge in [0.05, 0.1) is 13.2 Å². The lowest BCUT2D eigenvalue weighted by atomic mass is 10.0. The Morgan fingerprint density at radius 1 is 1.18 bits per heavy atom. The number of carbonyl (C=O) groups excluding carboxylic acids is 1. The first-order valence-corrected chi connectivity index (χ1v) is 5.79. The van der Waals surface area contributed by atoms with Gasteiger partial charge in [-0.25, -0.2) is 0 Å². The molecule has 0 aliphatic carbocycles. The van der Waals surface area contributed by atoms with Crippen LogP contribution < -0.4 is 0 Å². The van der Waals surface area contributed by atoms with Crippen LogP contribution in [0.25, 0.3) is 0 Å². The Bertz CT molecular complexity index is 445. The van der Waals surface area contributed by atoms with Crippen molar-refractivity contribution in [2.75, 3.05) is 20.3 Å². The number of hydrogen-bond acceptors (Lipinski definition) is 3. The molecule has 90 valence electrons. The second kappa shape index (κ2) is 4.62. The van der Waals surface area contributed by atoms with Crippen molar-refractivity contribution in [2.45, 2.75) is 13.8 Å². The molecule has 1 aromatic rings. The van der Waals surface area contributed by atoms with Crippen LogP contribution in [0.3, 0.4) is 0 Å². The molecule has 0 unspecified atom stereocenters. The second-order valence-electron chi connectivity index (χ2n) is 4.74. The molecule has 1 aliphatic rings. The Kier molecular flexibility index (Phi) is 3.18. The molecule has 1 heterocycles. The molecule has 0 N–H and O–H groups in total. The summed E-state index contributed by atoms with van der Waals surface area (Å²) >= 11 is 0. The van der Waals surface area contributed by atoms with Crippen LogP contribution >= 0.6 is 0 Å². The molecular formula is C14H18N2O. The van der Waals surface area contributed by atoms with Gasteiger partial charge >= 0.3 is 0 Å². The van der Waals surface area contributed by atoms with E-state index in [1.54, 1.807) is 0 Å². The third-order valence-electron chi connectivity index (χ3n) is 2.83. The largest absolute Gasteiger partial charge is 0.362 e. The Labute approximate surface area is 102 Å². The highest BCUT2D eigenvalue weighted by molar-refractivity contribution is 5.98. The molecule has 0 spiro atoms. The van der Waals surface area contributed by atoms with Crippen molar-refractivity contribution in [1.82, 2.24) is 9.80 Å². The van der Waals surface area contributed by atoms with E-state index in [4.69, 9.17) is 0 Å². The van der Waals surface area contributed by atoms with E-state index in [-0.39, 0.29) is 5.78 Å². The number of hydrogen-bond donors (Lipinski definition) is 0. The number of carbonyl (C=O) groups is 1. The second-order valence-corrected chi connectivity index (χ2v) is 4.74. The lowest BCUT2D eigenvalue weighted by Crippen LogP contribution is -2.28. The minimum atomic E-state index is 0.178. The number of aryl methyl sites for hydroxylation is 2. The van der Waals surface area contributed by atoms with Gasteiger partial charge in [0.25, 0.3) is 0 Å². The zero-order chi connectivity index (χ0) is 12.4. The van der Waals surface area contributed by atoms with Crippen molar-refractivity contribution in [3.05, 3.63) is 47.3 Å². The van der Waals surface area contributed by atoms with E-state index < -0.39 is 0 Å². The molecule has 3 heteroatoms. The van der Waals surface area contributed by atoms with Crippen LogP contribution in [-0.4, -0.2) is 35.8 Å². The molecule has 17 heavy (non-hydrogen) atoms. The summed E-state index contributed by atoms with van der Waals surface area (Å²) in [5.74, 6) is 0.178. The van der Waals surface area contributed by atoms with Crippen LogP contribution in [0.2, 0.25) is 0 Å². The minimum absolute atomic E-state index is 0.178. The third kappa shape index (κ3) is 2.87. The fraction of sp³-hybridized carbons (Fsp3) is 0.357. The van der Waals surface area contributed by atoms with Gasteiger partial charge in [-0.05, 0) is 26.0 Å². The quantitative estimate of drug-likeness (QED) is 0.743. The van der Waals surface area contributed by atoms with Gasteiger partial charge in [0.15, 0.2) is 5.78 Å². The maximum atomic E-state index is 12.1. The van der Waals surface area contributed by atoms with Gasteiger partial charge in [0.1, 0.15) is 0 Å². The van der Waals surface area contributed by atoms with Crippen molar-refractivity contribution in [3.63, 3.8) is 0 Å². The number of ketones is 1. The Hall–Kier alpha value is -1.77.